The molecule has 92 valence electrons. The molecule has 1 heterocycles. The second kappa shape index (κ2) is 3.81. The van der Waals surface area contributed by atoms with E-state index >= 15 is 0 Å². The topological polar surface area (TPSA) is 12.9 Å². The number of fused-ring (bicyclic) bond motifs is 1. The molecule has 0 aliphatic carbocycles. The first-order valence-corrected chi connectivity index (χ1v) is 6.87. The van der Waals surface area contributed by atoms with Crippen molar-refractivity contribution in [2.75, 3.05) is 0 Å². The third kappa shape index (κ3) is 2.37. The quantitative estimate of drug-likeness (QED) is 0.646. The number of rotatable bonds is 0. The molecular formula is C15H21NS. The van der Waals surface area contributed by atoms with Crippen LogP contribution in [-0.2, 0) is 10.8 Å². The van der Waals surface area contributed by atoms with Gasteiger partial charge >= 0.3 is 0 Å². The molecule has 2 rings (SSSR count). The number of hydrogen-bond donors (Lipinski definition) is 0. The summed E-state index contributed by atoms with van der Waals surface area (Å²) >= 11 is 1.62. The summed E-state index contributed by atoms with van der Waals surface area (Å²) in [7, 11) is 0. The van der Waals surface area contributed by atoms with Crippen molar-refractivity contribution in [3.63, 3.8) is 0 Å². The number of hydrogen-bond acceptors (Lipinski definition) is 2. The van der Waals surface area contributed by atoms with Crippen LogP contribution in [0.15, 0.2) is 18.2 Å². The molecule has 0 spiro atoms. The Morgan fingerprint density at radius 1 is 0.941 bits per heavy atom. The Balaban J connectivity index is 2.61. The molecule has 2 aromatic rings. The Morgan fingerprint density at radius 2 is 1.59 bits per heavy atom. The highest BCUT2D eigenvalue weighted by Crippen LogP contribution is 2.34. The van der Waals surface area contributed by atoms with Crippen LogP contribution in [0.25, 0.3) is 10.1 Å². The molecule has 0 bridgehead atoms. The fourth-order valence-electron chi connectivity index (χ4n) is 1.94. The molecule has 2 heteroatoms. The number of benzene rings is 1. The van der Waals surface area contributed by atoms with E-state index in [2.05, 4.69) is 64.1 Å². The molecule has 0 amide bonds. The van der Waals surface area contributed by atoms with Gasteiger partial charge in [0.25, 0.3) is 0 Å². The number of aromatic nitrogens is 1. The van der Waals surface area contributed by atoms with Crippen molar-refractivity contribution >= 4 is 21.6 Å². The average Bonchev–Trinajstić information content (AvgIpc) is 2.57. The van der Waals surface area contributed by atoms with Crippen molar-refractivity contribution in [3.8, 4) is 0 Å². The van der Waals surface area contributed by atoms with Gasteiger partial charge in [0.1, 0.15) is 0 Å². The minimum Gasteiger partial charge on any atom is -0.196 e. The second-order valence-electron chi connectivity index (χ2n) is 6.74. The summed E-state index contributed by atoms with van der Waals surface area (Å²) in [6.45, 7) is 13.4. The van der Waals surface area contributed by atoms with Gasteiger partial charge in [-0.2, -0.15) is 4.37 Å². The van der Waals surface area contributed by atoms with Crippen LogP contribution in [0.1, 0.15) is 52.8 Å². The van der Waals surface area contributed by atoms with E-state index in [1.807, 2.05) is 0 Å². The number of nitrogens with zero attached hydrogens (tertiary/aromatic N) is 1. The maximum Gasteiger partial charge on any atom is 0.0674 e. The van der Waals surface area contributed by atoms with E-state index in [1.165, 1.54) is 21.3 Å². The molecule has 0 atom stereocenters. The molecule has 0 aliphatic heterocycles. The van der Waals surface area contributed by atoms with E-state index < -0.39 is 0 Å². The largest absolute Gasteiger partial charge is 0.196 e. The minimum absolute atomic E-state index is 0.126. The van der Waals surface area contributed by atoms with Crippen LogP contribution in [0.5, 0.6) is 0 Å². The Kier molecular flexibility index (Phi) is 2.81. The lowest BCUT2D eigenvalue weighted by Crippen LogP contribution is -2.12. The lowest BCUT2D eigenvalue weighted by molar-refractivity contribution is 0.581. The average molecular weight is 247 g/mol. The van der Waals surface area contributed by atoms with Gasteiger partial charge in [-0.15, -0.1) is 0 Å². The highest BCUT2D eigenvalue weighted by molar-refractivity contribution is 7.13. The van der Waals surface area contributed by atoms with Gasteiger partial charge in [-0.1, -0.05) is 53.7 Å². The lowest BCUT2D eigenvalue weighted by atomic mass is 9.85. The van der Waals surface area contributed by atoms with E-state index in [0.29, 0.717) is 0 Å². The van der Waals surface area contributed by atoms with Gasteiger partial charge in [0.15, 0.2) is 0 Å². The standard InChI is InChI=1S/C15H21NS/c1-14(2,3)10-7-8-11-12(9-10)17-16-13(11)15(4,5)6/h7-9H,1-6H3. The van der Waals surface area contributed by atoms with Gasteiger partial charge in [-0.05, 0) is 28.6 Å². The predicted octanol–water partition coefficient (Wildman–Crippen LogP) is 4.89. The maximum atomic E-state index is 4.63. The van der Waals surface area contributed by atoms with Crippen molar-refractivity contribution in [1.29, 1.82) is 0 Å². The van der Waals surface area contributed by atoms with Gasteiger partial charge in [-0.3, -0.25) is 0 Å². The first kappa shape index (κ1) is 12.6. The van der Waals surface area contributed by atoms with Crippen molar-refractivity contribution in [1.82, 2.24) is 4.37 Å². The van der Waals surface area contributed by atoms with Crippen LogP contribution in [0.2, 0.25) is 0 Å². The van der Waals surface area contributed by atoms with E-state index in [-0.39, 0.29) is 10.8 Å². The highest BCUT2D eigenvalue weighted by atomic mass is 32.1. The van der Waals surface area contributed by atoms with Crippen LogP contribution in [0.3, 0.4) is 0 Å². The summed E-state index contributed by atoms with van der Waals surface area (Å²) in [6.07, 6.45) is 0. The Morgan fingerprint density at radius 3 is 2.12 bits per heavy atom. The molecule has 0 N–H and O–H groups in total. The zero-order valence-electron chi connectivity index (χ0n) is 11.6. The van der Waals surface area contributed by atoms with Crippen molar-refractivity contribution < 1.29 is 0 Å². The Labute approximate surface area is 108 Å². The van der Waals surface area contributed by atoms with Gasteiger partial charge in [0.05, 0.1) is 10.4 Å². The SMILES string of the molecule is CC(C)(C)c1ccc2c(C(C)(C)C)nsc2c1. The van der Waals surface area contributed by atoms with Crippen LogP contribution >= 0.6 is 11.5 Å². The molecule has 0 saturated carbocycles. The molecule has 0 fully saturated rings. The van der Waals surface area contributed by atoms with Crippen molar-refractivity contribution in [3.05, 3.63) is 29.5 Å². The smallest absolute Gasteiger partial charge is 0.0674 e. The summed E-state index contributed by atoms with van der Waals surface area (Å²) in [5, 5.41) is 1.32. The molecule has 1 aromatic carbocycles. The summed E-state index contributed by atoms with van der Waals surface area (Å²) in [5.41, 5.74) is 2.94. The minimum atomic E-state index is 0.126. The summed E-state index contributed by atoms with van der Waals surface area (Å²) in [6, 6.07) is 6.77. The molecule has 0 saturated heterocycles. The normalized spacial score (nSPS) is 13.3. The summed E-state index contributed by atoms with van der Waals surface area (Å²) in [5.74, 6) is 0. The van der Waals surface area contributed by atoms with E-state index in [9.17, 15) is 0 Å². The first-order chi connectivity index (χ1) is 7.69. The van der Waals surface area contributed by atoms with Crippen LogP contribution in [0, 0.1) is 0 Å². The molecule has 0 aliphatic rings. The maximum absolute atomic E-state index is 4.63. The summed E-state index contributed by atoms with van der Waals surface area (Å²) in [4.78, 5) is 0. The third-order valence-electron chi connectivity index (χ3n) is 3.05. The first-order valence-electron chi connectivity index (χ1n) is 6.10. The van der Waals surface area contributed by atoms with Gasteiger partial charge in [0.2, 0.25) is 0 Å². The van der Waals surface area contributed by atoms with E-state index in [1.54, 1.807) is 11.5 Å². The van der Waals surface area contributed by atoms with Crippen molar-refractivity contribution in [2.45, 2.75) is 52.4 Å². The van der Waals surface area contributed by atoms with Gasteiger partial charge < -0.3 is 0 Å². The van der Waals surface area contributed by atoms with Crippen molar-refractivity contribution in [2.24, 2.45) is 0 Å². The Hall–Kier alpha value is -0.890. The molecular weight excluding hydrogens is 226 g/mol. The lowest BCUT2D eigenvalue weighted by Gasteiger charge is -2.19. The Bertz CT molecular complexity index is 538. The molecule has 1 nitrogen and oxygen atoms in total. The van der Waals surface area contributed by atoms with Crippen LogP contribution in [-0.4, -0.2) is 4.37 Å². The third-order valence-corrected chi connectivity index (χ3v) is 3.86. The van der Waals surface area contributed by atoms with Gasteiger partial charge in [-0.25, -0.2) is 0 Å². The monoisotopic (exact) mass is 247 g/mol. The zero-order valence-corrected chi connectivity index (χ0v) is 12.4. The second-order valence-corrected chi connectivity index (χ2v) is 7.55. The highest BCUT2D eigenvalue weighted by Gasteiger charge is 2.21. The van der Waals surface area contributed by atoms with E-state index in [4.69, 9.17) is 0 Å². The van der Waals surface area contributed by atoms with Crippen LogP contribution in [0.4, 0.5) is 0 Å². The molecule has 0 radical (unpaired) electrons. The van der Waals surface area contributed by atoms with Crippen LogP contribution < -0.4 is 0 Å². The van der Waals surface area contributed by atoms with Gasteiger partial charge in [0, 0.05) is 10.8 Å². The molecule has 1 aromatic heterocycles. The van der Waals surface area contributed by atoms with E-state index in [0.717, 1.165) is 0 Å². The fourth-order valence-corrected chi connectivity index (χ4v) is 2.95. The molecule has 0 unspecified atom stereocenters. The predicted molar refractivity (Wildman–Crippen MR) is 77.0 cm³/mol. The fraction of sp³-hybridized carbons (Fsp3) is 0.533. The zero-order chi connectivity index (χ0) is 12.8. The summed E-state index contributed by atoms with van der Waals surface area (Å²) < 4.78 is 5.94. The molecule has 17 heavy (non-hydrogen) atoms.